The number of hydrogen-bond donors (Lipinski definition) is 4. The zero-order valence-electron chi connectivity index (χ0n) is 32.0. The molecule has 1 amide bonds. The normalized spacial score (nSPS) is 15.5. The fraction of sp³-hybridized carbons (Fsp3) is 0.921. The molecule has 0 heterocycles. The molecule has 0 aliphatic rings. The summed E-state index contributed by atoms with van der Waals surface area (Å²) in [6.07, 6.45) is 26.4. The van der Waals surface area contributed by atoms with Gasteiger partial charge in [0.2, 0.25) is 5.91 Å². The van der Waals surface area contributed by atoms with Crippen molar-refractivity contribution in [3.63, 3.8) is 0 Å². The first-order valence-corrected chi connectivity index (χ1v) is 21.0. The first-order valence-electron chi connectivity index (χ1n) is 19.5. The Kier molecular flexibility index (Phi) is 29.4. The van der Waals surface area contributed by atoms with Crippen LogP contribution in [0.3, 0.4) is 0 Å². The molecule has 286 valence electrons. The summed E-state index contributed by atoms with van der Waals surface area (Å²) in [7, 11) is 1.43. The standard InChI is InChI=1S/C38H77N2O7P/c1-7-8-9-10-11-12-13-14-17-21-24-27-30-37(42)38(43)39-35(33-47-48(44,45)46-32-31-40(4,5)6)36(41)29-26-23-20-18-15-16-19-22-25-28-34(2)3/h26,29,34-37,41-42H,7-25,27-28,30-33H2,1-6H3,(H-,39,43,44,45)/p+1/b29-26+/t35-,36+,37?/m0/s1. The van der Waals surface area contributed by atoms with Crippen LogP contribution < -0.4 is 5.32 Å². The van der Waals surface area contributed by atoms with Gasteiger partial charge in [0, 0.05) is 0 Å². The van der Waals surface area contributed by atoms with Crippen LogP contribution in [-0.2, 0) is 18.4 Å². The topological polar surface area (TPSA) is 125 Å². The van der Waals surface area contributed by atoms with E-state index in [1.165, 1.54) is 96.3 Å². The lowest BCUT2D eigenvalue weighted by Gasteiger charge is -2.26. The summed E-state index contributed by atoms with van der Waals surface area (Å²) >= 11 is 0. The Hall–Kier alpha value is -0.800. The van der Waals surface area contributed by atoms with Gasteiger partial charge in [-0.25, -0.2) is 4.57 Å². The van der Waals surface area contributed by atoms with Crippen molar-refractivity contribution in [3.05, 3.63) is 12.2 Å². The number of allylic oxidation sites excluding steroid dienone is 1. The Morgan fingerprint density at radius 3 is 1.73 bits per heavy atom. The Labute approximate surface area is 295 Å². The van der Waals surface area contributed by atoms with Gasteiger partial charge < -0.3 is 24.9 Å². The van der Waals surface area contributed by atoms with Crippen LogP contribution in [0, 0.1) is 5.92 Å². The molecular weight excluding hydrogens is 627 g/mol. The summed E-state index contributed by atoms with van der Waals surface area (Å²) in [6, 6.07) is -1.02. The minimum atomic E-state index is -4.40. The number of phosphoric ester groups is 1. The van der Waals surface area contributed by atoms with Crippen molar-refractivity contribution in [2.75, 3.05) is 40.9 Å². The molecule has 9 nitrogen and oxygen atoms in total. The summed E-state index contributed by atoms with van der Waals surface area (Å²) in [5.41, 5.74) is 0. The largest absolute Gasteiger partial charge is 0.472 e. The van der Waals surface area contributed by atoms with Gasteiger partial charge in [0.05, 0.1) is 39.9 Å². The van der Waals surface area contributed by atoms with Crippen molar-refractivity contribution < 1.29 is 38.0 Å². The van der Waals surface area contributed by atoms with Gasteiger partial charge >= 0.3 is 7.82 Å². The zero-order valence-corrected chi connectivity index (χ0v) is 32.9. The molecule has 0 bridgehead atoms. The van der Waals surface area contributed by atoms with E-state index in [0.29, 0.717) is 17.4 Å². The fourth-order valence-corrected chi connectivity index (χ4v) is 6.26. The maximum absolute atomic E-state index is 12.9. The number of carbonyl (C=O) groups is 1. The van der Waals surface area contributed by atoms with Gasteiger partial charge in [-0.05, 0) is 25.2 Å². The third kappa shape index (κ3) is 31.2. The molecule has 0 aromatic heterocycles. The highest BCUT2D eigenvalue weighted by Crippen LogP contribution is 2.43. The van der Waals surface area contributed by atoms with Crippen LogP contribution in [0.2, 0.25) is 0 Å². The lowest BCUT2D eigenvalue weighted by atomic mass is 10.0. The van der Waals surface area contributed by atoms with E-state index in [0.717, 1.165) is 44.4 Å². The zero-order chi connectivity index (χ0) is 36.1. The van der Waals surface area contributed by atoms with Crippen LogP contribution in [0.1, 0.15) is 162 Å². The number of nitrogens with one attached hydrogen (secondary N) is 1. The Morgan fingerprint density at radius 2 is 1.23 bits per heavy atom. The molecule has 2 unspecified atom stereocenters. The number of nitrogens with zero attached hydrogens (tertiary/aromatic N) is 1. The van der Waals surface area contributed by atoms with Gasteiger partial charge in [-0.15, -0.1) is 0 Å². The summed E-state index contributed by atoms with van der Waals surface area (Å²) in [6.45, 7) is 6.87. The van der Waals surface area contributed by atoms with Crippen molar-refractivity contribution in [1.82, 2.24) is 5.32 Å². The second kappa shape index (κ2) is 29.9. The summed E-state index contributed by atoms with van der Waals surface area (Å²) in [4.78, 5) is 23.1. The summed E-state index contributed by atoms with van der Waals surface area (Å²) < 4.78 is 23.3. The van der Waals surface area contributed by atoms with E-state index >= 15 is 0 Å². The maximum atomic E-state index is 12.9. The van der Waals surface area contributed by atoms with Crippen molar-refractivity contribution in [1.29, 1.82) is 0 Å². The average Bonchev–Trinajstić information content (AvgIpc) is 3.01. The molecule has 0 rings (SSSR count). The molecule has 4 atom stereocenters. The van der Waals surface area contributed by atoms with Gasteiger partial charge in [-0.2, -0.15) is 0 Å². The van der Waals surface area contributed by atoms with E-state index in [2.05, 4.69) is 26.1 Å². The number of hydrogen-bond acceptors (Lipinski definition) is 6. The minimum absolute atomic E-state index is 0.0203. The maximum Gasteiger partial charge on any atom is 0.472 e. The summed E-state index contributed by atoms with van der Waals surface area (Å²) in [5, 5.41) is 24.1. The van der Waals surface area contributed by atoms with Crippen LogP contribution in [0.4, 0.5) is 0 Å². The molecule has 0 saturated heterocycles. The number of unbranched alkanes of at least 4 members (excludes halogenated alkanes) is 18. The fourth-order valence-electron chi connectivity index (χ4n) is 5.52. The van der Waals surface area contributed by atoms with Crippen molar-refractivity contribution >= 4 is 13.7 Å². The second-order valence-electron chi connectivity index (χ2n) is 15.3. The van der Waals surface area contributed by atoms with Crippen LogP contribution in [0.5, 0.6) is 0 Å². The highest BCUT2D eigenvalue weighted by Gasteiger charge is 2.29. The van der Waals surface area contributed by atoms with Crippen LogP contribution in [0.15, 0.2) is 12.2 Å². The number of carbonyl (C=O) groups excluding carboxylic acids is 1. The molecular formula is C38H78N2O7P+. The molecule has 0 fully saturated rings. The average molecular weight is 706 g/mol. The Morgan fingerprint density at radius 1 is 0.750 bits per heavy atom. The number of aliphatic hydroxyl groups is 2. The molecule has 0 aliphatic carbocycles. The third-order valence-corrected chi connectivity index (χ3v) is 9.78. The Balaban J connectivity index is 4.67. The molecule has 0 aromatic carbocycles. The predicted molar refractivity (Wildman–Crippen MR) is 200 cm³/mol. The van der Waals surface area contributed by atoms with E-state index in [-0.39, 0.29) is 6.61 Å². The van der Waals surface area contributed by atoms with Crippen molar-refractivity contribution in [3.8, 4) is 0 Å². The first-order chi connectivity index (χ1) is 22.8. The lowest BCUT2D eigenvalue weighted by molar-refractivity contribution is -0.870. The number of aliphatic hydroxyl groups excluding tert-OH is 2. The number of amides is 1. The highest BCUT2D eigenvalue weighted by atomic mass is 31.2. The molecule has 0 aliphatic heterocycles. The van der Waals surface area contributed by atoms with Crippen molar-refractivity contribution in [2.24, 2.45) is 5.92 Å². The molecule has 0 aromatic rings. The van der Waals surface area contributed by atoms with Crippen LogP contribution in [0.25, 0.3) is 0 Å². The molecule has 0 radical (unpaired) electrons. The predicted octanol–water partition coefficient (Wildman–Crippen LogP) is 8.85. The van der Waals surface area contributed by atoms with E-state index in [4.69, 9.17) is 9.05 Å². The number of likely N-dealkylation sites (N-methyl/N-ethyl adjacent to an activating group) is 1. The third-order valence-electron chi connectivity index (χ3n) is 8.79. The van der Waals surface area contributed by atoms with Crippen LogP contribution >= 0.6 is 7.82 Å². The monoisotopic (exact) mass is 706 g/mol. The number of quaternary nitrogens is 1. The van der Waals surface area contributed by atoms with E-state index in [9.17, 15) is 24.5 Å². The quantitative estimate of drug-likeness (QED) is 0.0228. The molecule has 0 saturated carbocycles. The molecule has 0 spiro atoms. The number of phosphoric acid groups is 1. The summed E-state index contributed by atoms with van der Waals surface area (Å²) in [5.74, 6) is 0.159. The number of rotatable bonds is 34. The second-order valence-corrected chi connectivity index (χ2v) is 16.7. The van der Waals surface area contributed by atoms with Gasteiger partial charge in [-0.3, -0.25) is 13.8 Å². The van der Waals surface area contributed by atoms with E-state index in [1.54, 1.807) is 6.08 Å². The highest BCUT2D eigenvalue weighted by molar-refractivity contribution is 7.47. The smallest absolute Gasteiger partial charge is 0.387 e. The minimum Gasteiger partial charge on any atom is -0.387 e. The SMILES string of the molecule is CCCCCCCCCCCCCCC(O)C(=O)N[C@@H](COP(=O)(O)OCC[N+](C)(C)C)[C@H](O)/C=C/CCCCCCCCCC(C)C. The van der Waals surface area contributed by atoms with Gasteiger partial charge in [0.1, 0.15) is 19.3 Å². The van der Waals surface area contributed by atoms with Crippen molar-refractivity contribution in [2.45, 2.75) is 180 Å². The van der Waals surface area contributed by atoms with Crippen LogP contribution in [-0.4, -0.2) is 84.6 Å². The van der Waals surface area contributed by atoms with Gasteiger partial charge in [-0.1, -0.05) is 155 Å². The van der Waals surface area contributed by atoms with Gasteiger partial charge in [0.15, 0.2) is 0 Å². The van der Waals surface area contributed by atoms with E-state index in [1.807, 2.05) is 27.2 Å². The molecule has 10 heteroatoms. The first kappa shape index (κ1) is 47.2. The Bertz CT molecular complexity index is 834. The van der Waals surface area contributed by atoms with Gasteiger partial charge in [0.25, 0.3) is 0 Å². The lowest BCUT2D eigenvalue weighted by Crippen LogP contribution is -2.49. The van der Waals surface area contributed by atoms with E-state index < -0.39 is 38.6 Å². The molecule has 48 heavy (non-hydrogen) atoms. The molecule has 4 N–H and O–H groups in total.